The zero-order valence-electron chi connectivity index (χ0n) is 3.60. The number of rotatable bonds is 1. The van der Waals surface area contributed by atoms with E-state index in [0.29, 0.717) is 5.92 Å². The minimum Gasteiger partial charge on any atom is -0.390 e. The molecule has 0 spiro atoms. The summed E-state index contributed by atoms with van der Waals surface area (Å²) in [6.07, 6.45) is 0. The van der Waals surface area contributed by atoms with Crippen LogP contribution in [0.3, 0.4) is 0 Å². The van der Waals surface area contributed by atoms with Crippen LogP contribution in [-0.2, 0) is 0 Å². The fourth-order valence-corrected chi connectivity index (χ4v) is 0. The van der Waals surface area contributed by atoms with Crippen molar-refractivity contribution in [2.75, 3.05) is 0 Å². The lowest BCUT2D eigenvalue weighted by molar-refractivity contribution is 0.337. The Morgan fingerprint density at radius 2 is 1.80 bits per heavy atom. The zero-order valence-corrected chi connectivity index (χ0v) is 3.60. The second-order valence-electron chi connectivity index (χ2n) is 1.39. The maximum absolute atomic E-state index is 8.02. The van der Waals surface area contributed by atoms with Gasteiger partial charge in [-0.1, -0.05) is 13.8 Å². The fourth-order valence-electron chi connectivity index (χ4n) is 0. The quantitative estimate of drug-likeness (QED) is 0.494. The van der Waals surface area contributed by atoms with E-state index in [4.69, 9.17) is 5.11 Å². The summed E-state index contributed by atoms with van der Waals surface area (Å²) in [5.41, 5.74) is 0. The third kappa shape index (κ3) is 3.96. The monoisotopic (exact) mass is 73.1 g/mol. The molecule has 0 aliphatic rings. The molecule has 0 rings (SSSR count). The van der Waals surface area contributed by atoms with Crippen molar-refractivity contribution >= 4 is 0 Å². The van der Waals surface area contributed by atoms with Crippen LogP contribution in [0.25, 0.3) is 0 Å². The van der Waals surface area contributed by atoms with Gasteiger partial charge in [0.25, 0.3) is 0 Å². The molecule has 0 aliphatic carbocycles. The number of aliphatic hydroxyl groups excluding tert-OH is 1. The Morgan fingerprint density at radius 3 is 1.80 bits per heavy atom. The van der Waals surface area contributed by atoms with Crippen molar-refractivity contribution in [1.82, 2.24) is 0 Å². The van der Waals surface area contributed by atoms with Crippen LogP contribution < -0.4 is 0 Å². The second kappa shape index (κ2) is 2.21. The zero-order chi connectivity index (χ0) is 4.28. The first-order valence-corrected chi connectivity index (χ1v) is 1.75. The van der Waals surface area contributed by atoms with Crippen LogP contribution in [0, 0.1) is 12.5 Å². The molecule has 1 N–H and O–H groups in total. The number of hydrogen-bond donors (Lipinski definition) is 1. The molecule has 0 aliphatic heterocycles. The molecule has 1 heteroatoms. The predicted molar refractivity (Wildman–Crippen MR) is 21.1 cm³/mol. The van der Waals surface area contributed by atoms with Crippen LogP contribution in [0.2, 0.25) is 0 Å². The standard InChI is InChI=1S/C4H9O/c1-4(2)3-5/h3-5H,1-2H3. The molecule has 0 heterocycles. The first-order valence-electron chi connectivity index (χ1n) is 1.75. The molecule has 31 valence electrons. The second-order valence-corrected chi connectivity index (χ2v) is 1.39. The van der Waals surface area contributed by atoms with E-state index in [9.17, 15) is 0 Å². The summed E-state index contributed by atoms with van der Waals surface area (Å²) in [6, 6.07) is 0. The molecule has 0 fully saturated rings. The van der Waals surface area contributed by atoms with E-state index in [0.717, 1.165) is 0 Å². The van der Waals surface area contributed by atoms with Gasteiger partial charge in [-0.3, -0.25) is 0 Å². The average molecular weight is 73.1 g/mol. The third-order valence-corrected chi connectivity index (χ3v) is 0.298. The van der Waals surface area contributed by atoms with Crippen molar-refractivity contribution in [2.24, 2.45) is 5.92 Å². The van der Waals surface area contributed by atoms with Gasteiger partial charge in [0.1, 0.15) is 0 Å². The molecule has 0 saturated heterocycles. The molecule has 1 radical (unpaired) electrons. The van der Waals surface area contributed by atoms with Gasteiger partial charge in [-0.25, -0.2) is 0 Å². The Labute approximate surface area is 32.6 Å². The van der Waals surface area contributed by atoms with Crippen molar-refractivity contribution in [3.63, 3.8) is 0 Å². The Hall–Kier alpha value is -0.0400. The van der Waals surface area contributed by atoms with Gasteiger partial charge in [-0.15, -0.1) is 0 Å². The Kier molecular flexibility index (Phi) is 2.19. The van der Waals surface area contributed by atoms with Crippen LogP contribution in [-0.4, -0.2) is 5.11 Å². The molecule has 0 amide bonds. The Bertz CT molecular complexity index is 17.6. The molecule has 0 aromatic rings. The number of aliphatic hydroxyl groups is 1. The summed E-state index contributed by atoms with van der Waals surface area (Å²) < 4.78 is 0. The van der Waals surface area contributed by atoms with E-state index in [1.54, 1.807) is 0 Å². The molecule has 0 unspecified atom stereocenters. The summed E-state index contributed by atoms with van der Waals surface area (Å²) >= 11 is 0. The van der Waals surface area contributed by atoms with Gasteiger partial charge in [-0.05, 0) is 5.92 Å². The Morgan fingerprint density at radius 1 is 1.60 bits per heavy atom. The van der Waals surface area contributed by atoms with Crippen molar-refractivity contribution in [3.8, 4) is 0 Å². The summed E-state index contributed by atoms with van der Waals surface area (Å²) in [5.74, 6) is 0.315. The normalized spacial score (nSPS) is 9.60. The van der Waals surface area contributed by atoms with Crippen molar-refractivity contribution in [2.45, 2.75) is 13.8 Å². The first kappa shape index (κ1) is 4.96. The average Bonchev–Trinajstić information content (AvgIpc) is 1.38. The highest BCUT2D eigenvalue weighted by molar-refractivity contribution is 4.48. The first-order chi connectivity index (χ1) is 2.27. The van der Waals surface area contributed by atoms with Gasteiger partial charge in [0, 0.05) is 0 Å². The van der Waals surface area contributed by atoms with Crippen LogP contribution >= 0.6 is 0 Å². The van der Waals surface area contributed by atoms with Gasteiger partial charge in [-0.2, -0.15) is 0 Å². The minimum atomic E-state index is 0.315. The van der Waals surface area contributed by atoms with E-state index >= 15 is 0 Å². The fraction of sp³-hybridized carbons (Fsp3) is 0.750. The molecule has 5 heavy (non-hydrogen) atoms. The highest BCUT2D eigenvalue weighted by Gasteiger charge is 1.82. The van der Waals surface area contributed by atoms with Crippen molar-refractivity contribution in [3.05, 3.63) is 6.61 Å². The molecule has 0 saturated carbocycles. The molecule has 0 aromatic carbocycles. The van der Waals surface area contributed by atoms with E-state index in [1.807, 2.05) is 13.8 Å². The Balaban J connectivity index is 2.54. The van der Waals surface area contributed by atoms with Crippen LogP contribution in [0.5, 0.6) is 0 Å². The van der Waals surface area contributed by atoms with E-state index in [1.165, 1.54) is 6.61 Å². The largest absolute Gasteiger partial charge is 0.390 e. The lowest BCUT2D eigenvalue weighted by atomic mass is 10.2. The SMILES string of the molecule is CC(C)[CH]O. The van der Waals surface area contributed by atoms with Crippen molar-refractivity contribution in [1.29, 1.82) is 0 Å². The minimum absolute atomic E-state index is 0.315. The van der Waals surface area contributed by atoms with E-state index in [2.05, 4.69) is 0 Å². The maximum Gasteiger partial charge on any atom is 0.0824 e. The van der Waals surface area contributed by atoms with Gasteiger partial charge >= 0.3 is 0 Å². The summed E-state index contributed by atoms with van der Waals surface area (Å²) in [6.45, 7) is 5.00. The molecule has 1 nitrogen and oxygen atoms in total. The van der Waals surface area contributed by atoms with Gasteiger partial charge in [0.2, 0.25) is 0 Å². The molecular weight excluding hydrogens is 64.0 g/mol. The van der Waals surface area contributed by atoms with E-state index in [-0.39, 0.29) is 0 Å². The van der Waals surface area contributed by atoms with Gasteiger partial charge in [0.05, 0.1) is 6.61 Å². The van der Waals surface area contributed by atoms with Gasteiger partial charge < -0.3 is 5.11 Å². The summed E-state index contributed by atoms with van der Waals surface area (Å²) in [5, 5.41) is 8.02. The molecule has 0 bridgehead atoms. The highest BCUT2D eigenvalue weighted by Crippen LogP contribution is 1.89. The lowest BCUT2D eigenvalue weighted by Crippen LogP contribution is -1.82. The third-order valence-electron chi connectivity index (χ3n) is 0.298. The summed E-state index contributed by atoms with van der Waals surface area (Å²) in [4.78, 5) is 0. The lowest BCUT2D eigenvalue weighted by Gasteiger charge is -1.88. The topological polar surface area (TPSA) is 20.2 Å². The van der Waals surface area contributed by atoms with Crippen molar-refractivity contribution < 1.29 is 5.11 Å². The predicted octanol–water partition coefficient (Wildman–Crippen LogP) is 1.18. The number of hydrogen-bond acceptors (Lipinski definition) is 1. The molecular formula is C4H9O. The maximum atomic E-state index is 8.02. The van der Waals surface area contributed by atoms with E-state index < -0.39 is 0 Å². The van der Waals surface area contributed by atoms with Crippen LogP contribution in [0.4, 0.5) is 0 Å². The summed E-state index contributed by atoms with van der Waals surface area (Å²) in [7, 11) is 0. The van der Waals surface area contributed by atoms with Crippen LogP contribution in [0.15, 0.2) is 0 Å². The molecule has 0 aromatic heterocycles. The molecule has 0 atom stereocenters. The van der Waals surface area contributed by atoms with Gasteiger partial charge in [0.15, 0.2) is 0 Å². The highest BCUT2D eigenvalue weighted by atomic mass is 16.3. The van der Waals surface area contributed by atoms with Crippen LogP contribution in [0.1, 0.15) is 13.8 Å². The smallest absolute Gasteiger partial charge is 0.0824 e.